The van der Waals surface area contributed by atoms with Crippen molar-refractivity contribution in [2.45, 2.75) is 31.5 Å². The molecule has 1 saturated heterocycles. The summed E-state index contributed by atoms with van der Waals surface area (Å²) >= 11 is 0. The largest absolute Gasteiger partial charge is 0.454 e. The van der Waals surface area contributed by atoms with E-state index in [2.05, 4.69) is 35.4 Å². The zero-order chi connectivity index (χ0) is 23.1. The summed E-state index contributed by atoms with van der Waals surface area (Å²) in [7, 11) is 0. The van der Waals surface area contributed by atoms with Crippen LogP contribution in [0.4, 0.5) is 25.1 Å². The summed E-state index contributed by atoms with van der Waals surface area (Å²) in [6.07, 6.45) is 4.58. The van der Waals surface area contributed by atoms with E-state index in [1.54, 1.807) is 30.7 Å². The van der Waals surface area contributed by atoms with E-state index in [0.29, 0.717) is 6.54 Å². The van der Waals surface area contributed by atoms with Crippen molar-refractivity contribution in [2.24, 2.45) is 5.10 Å². The molecule has 1 N–H and O–H groups in total. The molecule has 0 unspecified atom stereocenters. The minimum absolute atomic E-state index is 0.0392. The normalized spacial score (nSPS) is 16.7. The third-order valence-electron chi connectivity index (χ3n) is 4.82. The fourth-order valence-electron chi connectivity index (χ4n) is 3.40. The fraction of sp³-hybridized carbons (Fsp3) is 0.333. The summed E-state index contributed by atoms with van der Waals surface area (Å²) in [4.78, 5) is 22.8. The number of hydrazone groups is 1. The number of aromatic nitrogens is 5. The Kier molecular flexibility index (Phi) is 6.91. The molecule has 12 heteroatoms. The molecule has 3 aromatic rings. The van der Waals surface area contributed by atoms with Gasteiger partial charge in [-0.25, -0.2) is 5.43 Å². The molecular formula is C21H21F3N8O. The molecule has 0 saturated carbocycles. The molecule has 1 aliphatic heterocycles. The van der Waals surface area contributed by atoms with Crippen LogP contribution in [0.5, 0.6) is 6.01 Å². The molecule has 3 aromatic heterocycles. The second kappa shape index (κ2) is 10.2. The maximum absolute atomic E-state index is 12.7. The van der Waals surface area contributed by atoms with Crippen molar-refractivity contribution in [3.63, 3.8) is 0 Å². The zero-order valence-corrected chi connectivity index (χ0v) is 17.5. The topological polar surface area (TPSA) is 101 Å². The number of ether oxygens (including phenoxy) is 1. The molecule has 0 aliphatic carbocycles. The minimum atomic E-state index is -4.53. The molecule has 172 valence electrons. The van der Waals surface area contributed by atoms with E-state index in [1.807, 2.05) is 23.1 Å². The predicted octanol–water partition coefficient (Wildman–Crippen LogP) is 3.78. The Bertz CT molecular complexity index is 1070. The smallest absolute Gasteiger partial charge is 0.422 e. The van der Waals surface area contributed by atoms with Gasteiger partial charge in [0.2, 0.25) is 5.95 Å². The van der Waals surface area contributed by atoms with Crippen LogP contribution in [-0.2, 0) is 0 Å². The van der Waals surface area contributed by atoms with Gasteiger partial charge in [-0.1, -0.05) is 12.1 Å². The lowest BCUT2D eigenvalue weighted by molar-refractivity contribution is -0.154. The van der Waals surface area contributed by atoms with Crippen LogP contribution in [0, 0.1) is 0 Å². The van der Waals surface area contributed by atoms with Gasteiger partial charge >= 0.3 is 12.2 Å². The van der Waals surface area contributed by atoms with Crippen LogP contribution >= 0.6 is 0 Å². The van der Waals surface area contributed by atoms with E-state index in [-0.39, 0.29) is 17.9 Å². The first-order valence-electron chi connectivity index (χ1n) is 10.3. The summed E-state index contributed by atoms with van der Waals surface area (Å²) < 4.78 is 42.9. The van der Waals surface area contributed by atoms with Gasteiger partial charge < -0.3 is 9.64 Å². The van der Waals surface area contributed by atoms with Crippen LogP contribution < -0.4 is 15.1 Å². The number of hydrogen-bond acceptors (Lipinski definition) is 9. The summed E-state index contributed by atoms with van der Waals surface area (Å²) in [6, 6.07) is 8.60. The number of halogens is 3. The monoisotopic (exact) mass is 458 g/mol. The standard InChI is InChI=1S/C21H21F3N8O/c22-21(23,24)14-33-20-29-18(31-27-13-15-6-5-9-25-12-15)28-19(30-20)32-11-4-2-8-17(32)16-7-1-3-10-26-16/h1,3,5-7,9-10,12-13,17H,2,4,8,11,14H2,(H,28,29,30,31)/b27-13-/t17-/m1/s1. The SMILES string of the molecule is FC(F)(F)COc1nc(N/N=C\c2cccnc2)nc(N2CCCC[C@@H]2c2ccccn2)n1. The first-order chi connectivity index (χ1) is 16.0. The summed E-state index contributed by atoms with van der Waals surface area (Å²) in [5.41, 5.74) is 4.19. The molecule has 4 heterocycles. The van der Waals surface area contributed by atoms with Gasteiger partial charge in [-0.15, -0.1) is 0 Å². The second-order valence-electron chi connectivity index (χ2n) is 7.26. The van der Waals surface area contributed by atoms with E-state index in [9.17, 15) is 13.2 Å². The van der Waals surface area contributed by atoms with Crippen molar-refractivity contribution in [3.05, 3.63) is 60.2 Å². The Morgan fingerprint density at radius 1 is 1.12 bits per heavy atom. The average Bonchev–Trinajstić information content (AvgIpc) is 2.83. The van der Waals surface area contributed by atoms with Gasteiger partial charge in [0.15, 0.2) is 6.61 Å². The van der Waals surface area contributed by atoms with Crippen molar-refractivity contribution in [3.8, 4) is 6.01 Å². The van der Waals surface area contributed by atoms with E-state index < -0.39 is 18.8 Å². The summed E-state index contributed by atoms with van der Waals surface area (Å²) in [5, 5.41) is 4.05. The maximum Gasteiger partial charge on any atom is 0.422 e. The maximum atomic E-state index is 12.7. The van der Waals surface area contributed by atoms with Gasteiger partial charge in [0.25, 0.3) is 5.95 Å². The molecule has 1 fully saturated rings. The molecule has 9 nitrogen and oxygen atoms in total. The number of pyridine rings is 2. The van der Waals surface area contributed by atoms with Crippen LogP contribution in [0.15, 0.2) is 54.0 Å². The fourth-order valence-corrected chi connectivity index (χ4v) is 3.40. The number of alkyl halides is 3. The first-order valence-corrected chi connectivity index (χ1v) is 10.3. The number of piperidine rings is 1. The quantitative estimate of drug-likeness (QED) is 0.422. The summed E-state index contributed by atoms with van der Waals surface area (Å²) in [6.45, 7) is -0.902. The highest BCUT2D eigenvalue weighted by atomic mass is 19.4. The Morgan fingerprint density at radius 2 is 2.03 bits per heavy atom. The molecule has 1 aliphatic rings. The lowest BCUT2D eigenvalue weighted by Gasteiger charge is -2.35. The van der Waals surface area contributed by atoms with Gasteiger partial charge in [-0.2, -0.15) is 33.2 Å². The highest BCUT2D eigenvalue weighted by Gasteiger charge is 2.31. The van der Waals surface area contributed by atoms with Gasteiger partial charge in [0, 0.05) is 30.7 Å². The third kappa shape index (κ3) is 6.34. The van der Waals surface area contributed by atoms with Crippen LogP contribution in [0.3, 0.4) is 0 Å². The highest BCUT2D eigenvalue weighted by Crippen LogP contribution is 2.33. The van der Waals surface area contributed by atoms with Crippen molar-refractivity contribution in [1.29, 1.82) is 0 Å². The molecule has 0 amide bonds. The van der Waals surface area contributed by atoms with Crippen LogP contribution in [0.25, 0.3) is 0 Å². The number of rotatable bonds is 7. The number of hydrogen-bond donors (Lipinski definition) is 1. The molecule has 4 rings (SSSR count). The van der Waals surface area contributed by atoms with Gasteiger partial charge in [0.05, 0.1) is 18.0 Å². The summed E-state index contributed by atoms with van der Waals surface area (Å²) in [5.74, 6) is 0.152. The lowest BCUT2D eigenvalue weighted by Crippen LogP contribution is -2.35. The van der Waals surface area contributed by atoms with Crippen LogP contribution in [-0.4, -0.2) is 50.5 Å². The molecule has 1 atom stereocenters. The lowest BCUT2D eigenvalue weighted by atomic mass is 9.99. The van der Waals surface area contributed by atoms with Crippen molar-refractivity contribution in [2.75, 3.05) is 23.5 Å². The van der Waals surface area contributed by atoms with Gasteiger partial charge in [0.1, 0.15) is 0 Å². The average molecular weight is 458 g/mol. The Hall–Kier alpha value is -3.83. The number of nitrogens with one attached hydrogen (secondary N) is 1. The Balaban J connectivity index is 1.62. The minimum Gasteiger partial charge on any atom is -0.454 e. The molecular weight excluding hydrogens is 437 g/mol. The van der Waals surface area contributed by atoms with E-state index in [0.717, 1.165) is 30.5 Å². The molecule has 0 aromatic carbocycles. The van der Waals surface area contributed by atoms with Crippen molar-refractivity contribution < 1.29 is 17.9 Å². The molecule has 0 spiro atoms. The van der Waals surface area contributed by atoms with Crippen LogP contribution in [0.1, 0.15) is 36.6 Å². The highest BCUT2D eigenvalue weighted by molar-refractivity contribution is 5.79. The number of anilines is 2. The van der Waals surface area contributed by atoms with Gasteiger partial charge in [-0.3, -0.25) is 9.97 Å². The molecule has 33 heavy (non-hydrogen) atoms. The van der Waals surface area contributed by atoms with Crippen molar-refractivity contribution in [1.82, 2.24) is 24.9 Å². The molecule has 0 bridgehead atoms. The van der Waals surface area contributed by atoms with Crippen molar-refractivity contribution >= 4 is 18.1 Å². The first kappa shape index (κ1) is 22.4. The van der Waals surface area contributed by atoms with Gasteiger partial charge in [-0.05, 0) is 37.5 Å². The third-order valence-corrected chi connectivity index (χ3v) is 4.82. The second-order valence-corrected chi connectivity index (χ2v) is 7.26. The Labute approximate surface area is 187 Å². The number of nitrogens with zero attached hydrogens (tertiary/aromatic N) is 7. The molecule has 0 radical (unpaired) electrons. The van der Waals surface area contributed by atoms with Crippen LogP contribution in [0.2, 0.25) is 0 Å². The van der Waals surface area contributed by atoms with E-state index in [4.69, 9.17) is 4.74 Å². The zero-order valence-electron chi connectivity index (χ0n) is 17.5. The van der Waals surface area contributed by atoms with E-state index >= 15 is 0 Å². The van der Waals surface area contributed by atoms with E-state index in [1.165, 1.54) is 6.21 Å². The predicted molar refractivity (Wildman–Crippen MR) is 115 cm³/mol. The Morgan fingerprint density at radius 3 is 2.79 bits per heavy atom.